The Bertz CT molecular complexity index is 605. The molecular formula is C15H16N4O2. The zero-order valence-electron chi connectivity index (χ0n) is 11.6. The number of nitriles is 1. The van der Waals surface area contributed by atoms with E-state index in [0.717, 1.165) is 5.56 Å². The summed E-state index contributed by atoms with van der Waals surface area (Å²) in [6.45, 7) is 2.38. The highest BCUT2D eigenvalue weighted by molar-refractivity contribution is 5.80. The molecule has 2 aliphatic heterocycles. The molecule has 0 radical (unpaired) electrons. The first-order valence-electron chi connectivity index (χ1n) is 6.98. The van der Waals surface area contributed by atoms with Gasteiger partial charge in [0.05, 0.1) is 24.1 Å². The van der Waals surface area contributed by atoms with E-state index >= 15 is 0 Å². The molecule has 3 rings (SSSR count). The molecule has 0 bridgehead atoms. The van der Waals surface area contributed by atoms with E-state index in [1.807, 2.05) is 17.0 Å². The van der Waals surface area contributed by atoms with Gasteiger partial charge in [-0.15, -0.1) is 0 Å². The van der Waals surface area contributed by atoms with Crippen LogP contribution in [0.1, 0.15) is 11.1 Å². The normalized spacial score (nSPS) is 20.7. The van der Waals surface area contributed by atoms with E-state index in [-0.39, 0.29) is 18.0 Å². The van der Waals surface area contributed by atoms with Gasteiger partial charge in [-0.1, -0.05) is 12.1 Å². The van der Waals surface area contributed by atoms with Crippen LogP contribution in [-0.4, -0.2) is 54.0 Å². The van der Waals surface area contributed by atoms with Gasteiger partial charge in [0.2, 0.25) is 5.91 Å². The third-order valence-electron chi connectivity index (χ3n) is 4.02. The lowest BCUT2D eigenvalue weighted by molar-refractivity contribution is -0.132. The molecule has 2 saturated heterocycles. The molecule has 6 heteroatoms. The minimum absolute atomic E-state index is 0.0285. The first kappa shape index (κ1) is 13.4. The van der Waals surface area contributed by atoms with Crippen molar-refractivity contribution in [1.29, 1.82) is 5.26 Å². The lowest BCUT2D eigenvalue weighted by Crippen LogP contribution is -2.54. The van der Waals surface area contributed by atoms with Crippen molar-refractivity contribution in [3.63, 3.8) is 0 Å². The van der Waals surface area contributed by atoms with Crippen LogP contribution < -0.4 is 5.32 Å². The SMILES string of the molecule is N#Cc1ccc(CC(=O)N2CCN3C(=O)NCC3C2)cc1. The number of amides is 3. The van der Waals surface area contributed by atoms with Crippen LogP contribution in [0, 0.1) is 11.3 Å². The summed E-state index contributed by atoms with van der Waals surface area (Å²) in [5, 5.41) is 11.6. The lowest BCUT2D eigenvalue weighted by atomic mass is 10.1. The summed E-state index contributed by atoms with van der Waals surface area (Å²) in [5.74, 6) is 0.0682. The van der Waals surface area contributed by atoms with Crippen LogP contribution in [0.4, 0.5) is 4.79 Å². The molecule has 0 aromatic heterocycles. The number of hydrogen-bond acceptors (Lipinski definition) is 3. The topological polar surface area (TPSA) is 76.4 Å². The highest BCUT2D eigenvalue weighted by atomic mass is 16.2. The van der Waals surface area contributed by atoms with E-state index in [9.17, 15) is 9.59 Å². The summed E-state index contributed by atoms with van der Waals surface area (Å²) in [6, 6.07) is 9.20. The fraction of sp³-hybridized carbons (Fsp3) is 0.400. The summed E-state index contributed by atoms with van der Waals surface area (Å²) in [7, 11) is 0. The summed E-state index contributed by atoms with van der Waals surface area (Å²) < 4.78 is 0. The van der Waals surface area contributed by atoms with Gasteiger partial charge in [-0.25, -0.2) is 4.79 Å². The molecule has 1 unspecified atom stereocenters. The number of piperazine rings is 1. The molecular weight excluding hydrogens is 268 g/mol. The van der Waals surface area contributed by atoms with E-state index in [4.69, 9.17) is 5.26 Å². The molecule has 2 aliphatic rings. The van der Waals surface area contributed by atoms with E-state index in [1.54, 1.807) is 17.0 Å². The van der Waals surface area contributed by atoms with Gasteiger partial charge >= 0.3 is 6.03 Å². The number of hydrogen-bond donors (Lipinski definition) is 1. The predicted molar refractivity (Wildman–Crippen MR) is 75.3 cm³/mol. The van der Waals surface area contributed by atoms with Gasteiger partial charge in [0.15, 0.2) is 0 Å². The fourth-order valence-electron chi connectivity index (χ4n) is 2.81. The number of nitrogens with zero attached hydrogens (tertiary/aromatic N) is 3. The van der Waals surface area contributed by atoms with Crippen molar-refractivity contribution in [3.05, 3.63) is 35.4 Å². The van der Waals surface area contributed by atoms with Crippen molar-refractivity contribution in [1.82, 2.24) is 15.1 Å². The molecule has 0 saturated carbocycles. The van der Waals surface area contributed by atoms with Crippen LogP contribution in [0.3, 0.4) is 0 Å². The number of benzene rings is 1. The molecule has 1 aromatic carbocycles. The van der Waals surface area contributed by atoms with Gasteiger partial charge in [0.1, 0.15) is 0 Å². The van der Waals surface area contributed by atoms with E-state index in [2.05, 4.69) is 11.4 Å². The predicted octanol–water partition coefficient (Wildman–Crippen LogP) is 0.337. The Morgan fingerprint density at radius 1 is 1.33 bits per heavy atom. The van der Waals surface area contributed by atoms with Gasteiger partial charge in [-0.3, -0.25) is 4.79 Å². The summed E-state index contributed by atoms with van der Waals surface area (Å²) in [4.78, 5) is 27.5. The third kappa shape index (κ3) is 2.68. The van der Waals surface area contributed by atoms with Crippen molar-refractivity contribution < 1.29 is 9.59 Å². The van der Waals surface area contributed by atoms with Gasteiger partial charge < -0.3 is 15.1 Å². The quantitative estimate of drug-likeness (QED) is 0.850. The number of rotatable bonds is 2. The molecule has 3 amide bonds. The molecule has 6 nitrogen and oxygen atoms in total. The Labute approximate surface area is 122 Å². The Morgan fingerprint density at radius 2 is 2.10 bits per heavy atom. The van der Waals surface area contributed by atoms with Crippen LogP contribution in [0.2, 0.25) is 0 Å². The van der Waals surface area contributed by atoms with Gasteiger partial charge in [-0.2, -0.15) is 5.26 Å². The maximum absolute atomic E-state index is 12.3. The summed E-state index contributed by atoms with van der Waals surface area (Å²) in [6.07, 6.45) is 0.333. The second kappa shape index (κ2) is 5.44. The number of carbonyl (C=O) groups is 2. The molecule has 1 aromatic rings. The Hall–Kier alpha value is -2.55. The molecule has 1 atom stereocenters. The van der Waals surface area contributed by atoms with Crippen LogP contribution in [0.5, 0.6) is 0 Å². The maximum Gasteiger partial charge on any atom is 0.317 e. The number of urea groups is 1. The minimum Gasteiger partial charge on any atom is -0.338 e. The average molecular weight is 284 g/mol. The summed E-state index contributed by atoms with van der Waals surface area (Å²) in [5.41, 5.74) is 1.50. The molecule has 0 aliphatic carbocycles. The van der Waals surface area contributed by atoms with E-state index < -0.39 is 0 Å². The molecule has 1 N–H and O–H groups in total. The Balaban J connectivity index is 1.61. The second-order valence-corrected chi connectivity index (χ2v) is 5.36. The van der Waals surface area contributed by atoms with E-state index in [1.165, 1.54) is 0 Å². The van der Waals surface area contributed by atoms with Gasteiger partial charge in [-0.05, 0) is 17.7 Å². The first-order valence-corrected chi connectivity index (χ1v) is 6.98. The van der Waals surface area contributed by atoms with Crippen molar-refractivity contribution in [2.75, 3.05) is 26.2 Å². The van der Waals surface area contributed by atoms with E-state index in [0.29, 0.717) is 38.2 Å². The molecule has 21 heavy (non-hydrogen) atoms. The van der Waals surface area contributed by atoms with Crippen LogP contribution >= 0.6 is 0 Å². The Kier molecular flexibility index (Phi) is 3.48. The highest BCUT2D eigenvalue weighted by Crippen LogP contribution is 2.15. The number of carbonyl (C=O) groups excluding carboxylic acids is 2. The fourth-order valence-corrected chi connectivity index (χ4v) is 2.81. The minimum atomic E-state index is -0.0285. The zero-order chi connectivity index (χ0) is 14.8. The van der Waals surface area contributed by atoms with Gasteiger partial charge in [0, 0.05) is 26.2 Å². The van der Waals surface area contributed by atoms with Crippen molar-refractivity contribution in [2.45, 2.75) is 12.5 Å². The number of nitrogens with one attached hydrogen (secondary N) is 1. The summed E-state index contributed by atoms with van der Waals surface area (Å²) >= 11 is 0. The molecule has 2 fully saturated rings. The first-order chi connectivity index (χ1) is 10.2. The zero-order valence-corrected chi connectivity index (χ0v) is 11.6. The highest BCUT2D eigenvalue weighted by Gasteiger charge is 2.36. The molecule has 2 heterocycles. The van der Waals surface area contributed by atoms with Crippen LogP contribution in [0.25, 0.3) is 0 Å². The smallest absolute Gasteiger partial charge is 0.317 e. The average Bonchev–Trinajstić information content (AvgIpc) is 2.89. The van der Waals surface area contributed by atoms with Crippen LogP contribution in [0.15, 0.2) is 24.3 Å². The van der Waals surface area contributed by atoms with Gasteiger partial charge in [0.25, 0.3) is 0 Å². The maximum atomic E-state index is 12.3. The van der Waals surface area contributed by atoms with Crippen molar-refractivity contribution in [2.24, 2.45) is 0 Å². The second-order valence-electron chi connectivity index (χ2n) is 5.36. The largest absolute Gasteiger partial charge is 0.338 e. The lowest BCUT2D eigenvalue weighted by Gasteiger charge is -2.36. The number of fused-ring (bicyclic) bond motifs is 1. The van der Waals surface area contributed by atoms with Crippen molar-refractivity contribution >= 4 is 11.9 Å². The Morgan fingerprint density at radius 3 is 2.81 bits per heavy atom. The standard InChI is InChI=1S/C15H16N4O2/c16-8-12-3-1-11(2-4-12)7-14(20)18-5-6-19-13(10-18)9-17-15(19)21/h1-4,13H,5-7,9-10H2,(H,17,21). The van der Waals surface area contributed by atoms with Crippen LogP contribution in [-0.2, 0) is 11.2 Å². The monoisotopic (exact) mass is 284 g/mol. The third-order valence-corrected chi connectivity index (χ3v) is 4.02. The van der Waals surface area contributed by atoms with Crippen molar-refractivity contribution in [3.8, 4) is 6.07 Å². The molecule has 108 valence electrons. The molecule has 0 spiro atoms.